The van der Waals surface area contributed by atoms with Crippen molar-refractivity contribution in [2.24, 2.45) is 0 Å². The molecule has 0 aliphatic rings. The van der Waals surface area contributed by atoms with Crippen molar-refractivity contribution in [3.63, 3.8) is 0 Å². The van der Waals surface area contributed by atoms with E-state index in [-0.39, 0.29) is 11.4 Å². The van der Waals surface area contributed by atoms with Gasteiger partial charge in [0.1, 0.15) is 11.1 Å². The third-order valence-electron chi connectivity index (χ3n) is 3.83. The minimum atomic E-state index is -3.92. The maximum atomic E-state index is 13.0. The maximum absolute atomic E-state index is 13.0. The number of benzene rings is 2. The average Bonchev–Trinajstić information content (AvgIpc) is 2.66. The van der Waals surface area contributed by atoms with Gasteiger partial charge in [0.15, 0.2) is 9.84 Å². The number of ether oxygens (including phenoxy) is 1. The van der Waals surface area contributed by atoms with Gasteiger partial charge < -0.3 is 10.1 Å². The normalized spacial score (nSPS) is 12.1. The lowest BCUT2D eigenvalue weighted by Crippen LogP contribution is -2.37. The Hall–Kier alpha value is -2.94. The maximum Gasteiger partial charge on any atom is 0.411 e. The molecule has 27 heavy (non-hydrogen) atoms. The van der Waals surface area contributed by atoms with E-state index in [9.17, 15) is 22.4 Å². The molecule has 1 atom stereocenters. The van der Waals surface area contributed by atoms with E-state index in [1.807, 2.05) is 0 Å². The monoisotopic (exact) mass is 394 g/mol. The minimum absolute atomic E-state index is 0.112. The molecule has 0 fully saturated rings. The van der Waals surface area contributed by atoms with Crippen molar-refractivity contribution >= 4 is 27.5 Å². The molecule has 144 valence electrons. The summed E-state index contributed by atoms with van der Waals surface area (Å²) >= 11 is 0. The summed E-state index contributed by atoms with van der Waals surface area (Å²) in [4.78, 5) is 23.2. The summed E-state index contributed by atoms with van der Waals surface area (Å²) in [7, 11) is -2.67. The summed E-state index contributed by atoms with van der Waals surface area (Å²) in [6.07, 6.45) is -0.601. The molecule has 7 nitrogen and oxygen atoms in total. The van der Waals surface area contributed by atoms with Gasteiger partial charge in [-0.1, -0.05) is 12.1 Å². The summed E-state index contributed by atoms with van der Waals surface area (Å²) in [5.74, 6) is -1.23. The number of amides is 2. The van der Waals surface area contributed by atoms with E-state index < -0.39 is 32.9 Å². The predicted octanol–water partition coefficient (Wildman–Crippen LogP) is 2.48. The Morgan fingerprint density at radius 3 is 2.22 bits per heavy atom. The SMILES string of the molecule is COC(=O)Nc1ccc(CNC(=O)C(C)S(=O)(=O)c2ccc(F)cc2)cc1. The Balaban J connectivity index is 1.98. The van der Waals surface area contributed by atoms with Crippen LogP contribution in [0, 0.1) is 5.82 Å². The van der Waals surface area contributed by atoms with Crippen molar-refractivity contribution in [2.75, 3.05) is 12.4 Å². The molecule has 0 saturated carbocycles. The third kappa shape index (κ3) is 5.27. The zero-order chi connectivity index (χ0) is 20.0. The van der Waals surface area contributed by atoms with Gasteiger partial charge in [0, 0.05) is 12.2 Å². The fraction of sp³-hybridized carbons (Fsp3) is 0.222. The Kier molecular flexibility index (Phi) is 6.51. The predicted molar refractivity (Wildman–Crippen MR) is 97.4 cm³/mol. The first-order chi connectivity index (χ1) is 12.7. The molecule has 2 N–H and O–H groups in total. The Bertz CT molecular complexity index is 912. The zero-order valence-corrected chi connectivity index (χ0v) is 15.5. The van der Waals surface area contributed by atoms with Crippen LogP contribution < -0.4 is 10.6 Å². The Morgan fingerprint density at radius 1 is 1.07 bits per heavy atom. The number of hydrogen-bond donors (Lipinski definition) is 2. The van der Waals surface area contributed by atoms with E-state index in [0.717, 1.165) is 24.3 Å². The molecule has 0 saturated heterocycles. The van der Waals surface area contributed by atoms with Crippen LogP contribution in [0.2, 0.25) is 0 Å². The second-order valence-electron chi connectivity index (χ2n) is 5.67. The molecular formula is C18H19FN2O5S. The van der Waals surface area contributed by atoms with Crippen molar-refractivity contribution in [1.29, 1.82) is 0 Å². The highest BCUT2D eigenvalue weighted by Crippen LogP contribution is 2.17. The largest absolute Gasteiger partial charge is 0.453 e. The van der Waals surface area contributed by atoms with Crippen LogP contribution in [0.4, 0.5) is 14.9 Å². The first kappa shape index (κ1) is 20.4. The van der Waals surface area contributed by atoms with Crippen molar-refractivity contribution in [3.05, 3.63) is 59.9 Å². The molecular weight excluding hydrogens is 375 g/mol. The minimum Gasteiger partial charge on any atom is -0.453 e. The van der Waals surface area contributed by atoms with E-state index in [1.165, 1.54) is 14.0 Å². The third-order valence-corrected chi connectivity index (χ3v) is 5.90. The summed E-state index contributed by atoms with van der Waals surface area (Å²) in [6.45, 7) is 1.39. The second kappa shape index (κ2) is 8.63. The molecule has 0 aromatic heterocycles. The van der Waals surface area contributed by atoms with Crippen LogP contribution in [0.5, 0.6) is 0 Å². The van der Waals surface area contributed by atoms with Gasteiger partial charge in [-0.25, -0.2) is 17.6 Å². The van der Waals surface area contributed by atoms with E-state index >= 15 is 0 Å². The molecule has 1 unspecified atom stereocenters. The molecule has 0 spiro atoms. The van der Waals surface area contributed by atoms with Crippen molar-refractivity contribution in [2.45, 2.75) is 23.6 Å². The molecule has 0 radical (unpaired) electrons. The number of sulfone groups is 1. The van der Waals surface area contributed by atoms with Crippen LogP contribution in [-0.4, -0.2) is 32.8 Å². The number of rotatable bonds is 6. The van der Waals surface area contributed by atoms with E-state index in [0.29, 0.717) is 11.3 Å². The van der Waals surface area contributed by atoms with E-state index in [1.54, 1.807) is 24.3 Å². The lowest BCUT2D eigenvalue weighted by Gasteiger charge is -2.14. The lowest BCUT2D eigenvalue weighted by atomic mass is 10.2. The van der Waals surface area contributed by atoms with Crippen LogP contribution >= 0.6 is 0 Å². The molecule has 0 bridgehead atoms. The molecule has 0 aliphatic carbocycles. The van der Waals surface area contributed by atoms with Gasteiger partial charge in [0.2, 0.25) is 5.91 Å². The average molecular weight is 394 g/mol. The van der Waals surface area contributed by atoms with Gasteiger partial charge in [-0.15, -0.1) is 0 Å². The quantitative estimate of drug-likeness (QED) is 0.733. The number of carbonyl (C=O) groups is 2. The van der Waals surface area contributed by atoms with E-state index in [2.05, 4.69) is 15.4 Å². The van der Waals surface area contributed by atoms with Crippen LogP contribution in [-0.2, 0) is 25.9 Å². The van der Waals surface area contributed by atoms with Crippen molar-refractivity contribution in [3.8, 4) is 0 Å². The number of hydrogen-bond acceptors (Lipinski definition) is 5. The molecule has 2 aromatic carbocycles. The van der Waals surface area contributed by atoms with Crippen molar-refractivity contribution < 1.29 is 27.1 Å². The highest BCUT2D eigenvalue weighted by molar-refractivity contribution is 7.92. The summed E-state index contributed by atoms with van der Waals surface area (Å²) in [6, 6.07) is 10.9. The topological polar surface area (TPSA) is 102 Å². The standard InChI is InChI=1S/C18H19FN2O5S/c1-12(27(24,25)16-9-5-14(19)6-10-16)17(22)20-11-13-3-7-15(8-4-13)21-18(23)26-2/h3-10,12H,11H2,1-2H3,(H,20,22)(H,21,23). The fourth-order valence-electron chi connectivity index (χ4n) is 2.18. The second-order valence-corrected chi connectivity index (χ2v) is 7.94. The van der Waals surface area contributed by atoms with Gasteiger partial charge in [0.25, 0.3) is 0 Å². The van der Waals surface area contributed by atoms with Crippen LogP contribution in [0.3, 0.4) is 0 Å². The number of anilines is 1. The molecule has 2 amide bonds. The van der Waals surface area contributed by atoms with Crippen LogP contribution in [0.1, 0.15) is 12.5 Å². The van der Waals surface area contributed by atoms with Gasteiger partial charge in [-0.3, -0.25) is 10.1 Å². The molecule has 2 rings (SSSR count). The number of carbonyl (C=O) groups excluding carboxylic acids is 2. The first-order valence-corrected chi connectivity index (χ1v) is 9.49. The van der Waals surface area contributed by atoms with Crippen LogP contribution in [0.25, 0.3) is 0 Å². The number of methoxy groups -OCH3 is 1. The first-order valence-electron chi connectivity index (χ1n) is 7.95. The highest BCUT2D eigenvalue weighted by Gasteiger charge is 2.29. The summed E-state index contributed by atoms with van der Waals surface area (Å²) in [5.41, 5.74) is 1.23. The van der Waals surface area contributed by atoms with Gasteiger partial charge in [-0.05, 0) is 48.9 Å². The Morgan fingerprint density at radius 2 is 1.67 bits per heavy atom. The zero-order valence-electron chi connectivity index (χ0n) is 14.7. The number of halogens is 1. The number of nitrogens with one attached hydrogen (secondary N) is 2. The lowest BCUT2D eigenvalue weighted by molar-refractivity contribution is -0.120. The van der Waals surface area contributed by atoms with E-state index in [4.69, 9.17) is 0 Å². The van der Waals surface area contributed by atoms with Gasteiger partial charge in [-0.2, -0.15) is 0 Å². The molecule has 2 aromatic rings. The molecule has 0 aliphatic heterocycles. The summed E-state index contributed by atoms with van der Waals surface area (Å²) in [5, 5.41) is 3.71. The van der Waals surface area contributed by atoms with Crippen molar-refractivity contribution in [1.82, 2.24) is 5.32 Å². The van der Waals surface area contributed by atoms with Gasteiger partial charge >= 0.3 is 6.09 Å². The molecule has 9 heteroatoms. The van der Waals surface area contributed by atoms with Gasteiger partial charge in [0.05, 0.1) is 12.0 Å². The summed E-state index contributed by atoms with van der Waals surface area (Å²) < 4.78 is 42.3. The van der Waals surface area contributed by atoms with Crippen LogP contribution in [0.15, 0.2) is 53.4 Å². The highest BCUT2D eigenvalue weighted by atomic mass is 32.2. The molecule has 0 heterocycles. The fourth-order valence-corrected chi connectivity index (χ4v) is 3.47. The smallest absolute Gasteiger partial charge is 0.411 e. The Labute approximate surface area is 156 Å².